The molecule has 11 heteroatoms. The van der Waals surface area contributed by atoms with Gasteiger partial charge in [-0.05, 0) is 34.9 Å². The molecule has 0 fully saturated rings. The number of hydrogen-bond acceptors (Lipinski definition) is 9. The van der Waals surface area contributed by atoms with Crippen LogP contribution in [0, 0.1) is 0 Å². The van der Waals surface area contributed by atoms with Crippen molar-refractivity contribution in [3.63, 3.8) is 0 Å². The molecule has 232 valence electrons. The van der Waals surface area contributed by atoms with Crippen molar-refractivity contribution in [2.75, 3.05) is 11.5 Å². The van der Waals surface area contributed by atoms with E-state index in [0.717, 1.165) is 0 Å². The highest BCUT2D eigenvalue weighted by molar-refractivity contribution is 7.96. The monoisotopic (exact) mass is 629 g/mol. The number of carbonyl (C=O) groups excluding carboxylic acids is 2. The molecule has 0 heterocycles. The number of esters is 2. The first-order chi connectivity index (χ1) is 20.7. The molecule has 0 unspecified atom stereocenters. The van der Waals surface area contributed by atoms with Crippen molar-refractivity contribution < 1.29 is 36.3 Å². The van der Waals surface area contributed by atoms with Crippen molar-refractivity contribution in [2.24, 2.45) is 5.16 Å². The zero-order valence-electron chi connectivity index (χ0n) is 24.6. The Kier molecular flexibility index (Phi) is 16.7. The zero-order chi connectivity index (χ0) is 31.3. The topological polar surface area (TPSA) is 131 Å². The van der Waals surface area contributed by atoms with E-state index in [0.29, 0.717) is 22.0 Å². The molecule has 3 aromatic carbocycles. The number of benzene rings is 3. The molecule has 0 amide bonds. The van der Waals surface area contributed by atoms with E-state index >= 15 is 0 Å². The van der Waals surface area contributed by atoms with Gasteiger partial charge in [-0.1, -0.05) is 123 Å². The minimum atomic E-state index is -5.27. The second-order valence-electron chi connectivity index (χ2n) is 9.40. The Morgan fingerprint density at radius 1 is 0.698 bits per heavy atom. The van der Waals surface area contributed by atoms with Crippen molar-refractivity contribution >= 4 is 38.9 Å². The lowest BCUT2D eigenvalue weighted by Gasteiger charge is -2.09. The van der Waals surface area contributed by atoms with E-state index in [-0.39, 0.29) is 13.2 Å². The minimum Gasteiger partial charge on any atom is -0.714 e. The predicted molar refractivity (Wildman–Crippen MR) is 168 cm³/mol. The molecule has 0 saturated carbocycles. The number of ether oxygens (including phenoxy) is 2. The fourth-order valence-electron chi connectivity index (χ4n) is 3.58. The largest absolute Gasteiger partial charge is 0.714 e. The van der Waals surface area contributed by atoms with Crippen LogP contribution in [-0.4, -0.2) is 42.1 Å². The molecular formula is C32H39NO8S2. The summed E-state index contributed by atoms with van der Waals surface area (Å²) in [5, 5.41) is 2.79. The van der Waals surface area contributed by atoms with Crippen LogP contribution in [0.3, 0.4) is 0 Å². The summed E-state index contributed by atoms with van der Waals surface area (Å²) in [4.78, 5) is 24.1. The van der Waals surface area contributed by atoms with Gasteiger partial charge >= 0.3 is 11.9 Å². The molecule has 0 aromatic heterocycles. The van der Waals surface area contributed by atoms with Gasteiger partial charge in [-0.2, -0.15) is 8.42 Å². The van der Waals surface area contributed by atoms with Crippen molar-refractivity contribution in [1.82, 2.24) is 0 Å². The summed E-state index contributed by atoms with van der Waals surface area (Å²) in [6.07, 6.45) is 5.48. The SMILES string of the molecule is CCCC[S+](CCCC)Cc1ccccc1.O=C(OCc1ccccc1)C(=NOS(=O)(=O)[O-])C(=O)OCc1ccccc1. The zero-order valence-corrected chi connectivity index (χ0v) is 26.2. The van der Waals surface area contributed by atoms with Crippen LogP contribution in [0.5, 0.6) is 0 Å². The van der Waals surface area contributed by atoms with Crippen LogP contribution in [0.2, 0.25) is 0 Å². The predicted octanol–water partition coefficient (Wildman–Crippen LogP) is 5.71. The minimum absolute atomic E-state index is 0.214. The highest BCUT2D eigenvalue weighted by Gasteiger charge is 2.26. The summed E-state index contributed by atoms with van der Waals surface area (Å²) >= 11 is 0. The Morgan fingerprint density at radius 2 is 1.09 bits per heavy atom. The Hall–Kier alpha value is -3.67. The molecule has 3 aromatic rings. The molecule has 0 spiro atoms. The lowest BCUT2D eigenvalue weighted by Crippen LogP contribution is -2.29. The number of nitrogens with zero attached hydrogens (tertiary/aromatic N) is 1. The molecule has 0 N–H and O–H groups in total. The van der Waals surface area contributed by atoms with Crippen LogP contribution >= 0.6 is 0 Å². The van der Waals surface area contributed by atoms with Crippen molar-refractivity contribution in [2.45, 2.75) is 58.5 Å². The summed E-state index contributed by atoms with van der Waals surface area (Å²) in [5.41, 5.74) is 1.64. The van der Waals surface area contributed by atoms with Crippen LogP contribution in [0.1, 0.15) is 56.2 Å². The van der Waals surface area contributed by atoms with Gasteiger partial charge in [0.1, 0.15) is 30.5 Å². The van der Waals surface area contributed by atoms with Crippen molar-refractivity contribution in [1.29, 1.82) is 0 Å². The summed E-state index contributed by atoms with van der Waals surface area (Å²) in [6.45, 7) is 4.16. The summed E-state index contributed by atoms with van der Waals surface area (Å²) in [6, 6.07) is 28.0. The Balaban J connectivity index is 0.000000344. The van der Waals surface area contributed by atoms with Crippen LogP contribution < -0.4 is 0 Å². The van der Waals surface area contributed by atoms with E-state index in [1.807, 2.05) is 0 Å². The van der Waals surface area contributed by atoms with Gasteiger partial charge in [-0.15, -0.1) is 0 Å². The number of hydrogen-bond donors (Lipinski definition) is 0. The normalized spacial score (nSPS) is 10.7. The molecule has 0 radical (unpaired) electrons. The summed E-state index contributed by atoms with van der Waals surface area (Å²) in [7, 11) is -4.65. The van der Waals surface area contributed by atoms with Gasteiger partial charge in [-0.3, -0.25) is 4.28 Å². The molecule has 9 nitrogen and oxygen atoms in total. The average molecular weight is 630 g/mol. The second-order valence-corrected chi connectivity index (χ2v) is 12.7. The Bertz CT molecular complexity index is 1290. The Labute approximate surface area is 257 Å². The molecule has 43 heavy (non-hydrogen) atoms. The van der Waals surface area contributed by atoms with E-state index < -0.39 is 28.0 Å². The maximum atomic E-state index is 12.1. The van der Waals surface area contributed by atoms with Gasteiger partial charge in [0.15, 0.2) is 0 Å². The number of oxime groups is 1. The molecule has 0 aliphatic heterocycles. The van der Waals surface area contributed by atoms with Crippen molar-refractivity contribution in [3.05, 3.63) is 108 Å². The average Bonchev–Trinajstić information content (AvgIpc) is 3.01. The first-order valence-corrected chi connectivity index (χ1v) is 17.1. The van der Waals surface area contributed by atoms with Gasteiger partial charge in [0, 0.05) is 5.56 Å². The number of unbranched alkanes of at least 4 members (excludes halogenated alkanes) is 2. The van der Waals surface area contributed by atoms with Gasteiger partial charge in [-0.25, -0.2) is 9.59 Å². The van der Waals surface area contributed by atoms with Crippen molar-refractivity contribution in [3.8, 4) is 0 Å². The summed E-state index contributed by atoms with van der Waals surface area (Å²) < 4.78 is 45.1. The lowest BCUT2D eigenvalue weighted by molar-refractivity contribution is -0.142. The molecule has 0 saturated heterocycles. The van der Waals surface area contributed by atoms with Gasteiger partial charge in [0.2, 0.25) is 0 Å². The highest BCUT2D eigenvalue weighted by Crippen LogP contribution is 2.13. The van der Waals surface area contributed by atoms with Crippen LogP contribution in [-0.2, 0) is 63.6 Å². The standard InChI is InChI=1S/C17H15NO8S.C15H25S/c19-16(24-11-13-7-3-1-4-8-13)15(18-26-27(21,22)23)17(20)25-12-14-9-5-2-6-10-14;1-3-5-12-16(13-6-4-2)14-15-10-8-7-9-11-15/h1-10H,11-12H2,(H,21,22,23);7-11H,3-6,12-14H2,1-2H3/q;+1/p-1. The maximum Gasteiger partial charge on any atom is 0.368 e. The molecule has 3 rings (SSSR count). The van der Waals surface area contributed by atoms with Crippen LogP contribution in [0.25, 0.3) is 0 Å². The van der Waals surface area contributed by atoms with Gasteiger partial charge in [0.25, 0.3) is 16.1 Å². The lowest BCUT2D eigenvalue weighted by atomic mass is 10.2. The molecule has 0 atom stereocenters. The summed E-state index contributed by atoms with van der Waals surface area (Å²) in [5.74, 6) is 1.57. The van der Waals surface area contributed by atoms with E-state index in [2.05, 4.69) is 53.6 Å². The Morgan fingerprint density at radius 3 is 1.47 bits per heavy atom. The van der Waals surface area contributed by atoms with E-state index in [1.54, 1.807) is 60.7 Å². The van der Waals surface area contributed by atoms with E-state index in [1.165, 1.54) is 48.5 Å². The second kappa shape index (κ2) is 20.3. The number of rotatable bonds is 16. The fourth-order valence-corrected chi connectivity index (χ4v) is 6.29. The smallest absolute Gasteiger partial charge is 0.368 e. The third-order valence-corrected chi connectivity index (χ3v) is 8.55. The van der Waals surface area contributed by atoms with Gasteiger partial charge < -0.3 is 14.0 Å². The van der Waals surface area contributed by atoms with E-state index in [4.69, 9.17) is 9.47 Å². The first kappa shape index (κ1) is 35.5. The van der Waals surface area contributed by atoms with Crippen LogP contribution in [0.15, 0.2) is 96.2 Å². The molecule has 0 aliphatic rings. The molecular weight excluding hydrogens is 590 g/mol. The maximum absolute atomic E-state index is 12.1. The van der Waals surface area contributed by atoms with E-state index in [9.17, 15) is 22.6 Å². The quantitative estimate of drug-likeness (QED) is 0.0374. The number of carbonyl (C=O) groups is 2. The van der Waals surface area contributed by atoms with Crippen LogP contribution in [0.4, 0.5) is 0 Å². The first-order valence-electron chi connectivity index (χ1n) is 14.0. The molecule has 0 bridgehead atoms. The fraction of sp³-hybridized carbons (Fsp3) is 0.344. The molecule has 0 aliphatic carbocycles. The third kappa shape index (κ3) is 15.9. The third-order valence-electron chi connectivity index (χ3n) is 5.82. The van der Waals surface area contributed by atoms with Gasteiger partial charge in [0.05, 0.1) is 0 Å². The highest BCUT2D eigenvalue weighted by atomic mass is 32.3.